The third-order valence-corrected chi connectivity index (χ3v) is 9.86. The average molecular weight is 925 g/mol. The largest absolute Gasteiger partial charge is 1.00 e. The molecular weight excluding hydrogens is 887 g/mol. The molecule has 320 valence electrons. The van der Waals surface area contributed by atoms with Crippen molar-refractivity contribution in [1.82, 2.24) is 29.9 Å². The van der Waals surface area contributed by atoms with Crippen molar-refractivity contribution in [1.29, 1.82) is 0 Å². The van der Waals surface area contributed by atoms with Crippen molar-refractivity contribution in [3.8, 4) is 0 Å². The van der Waals surface area contributed by atoms with Gasteiger partial charge in [0, 0.05) is 43.2 Å². The quantitative estimate of drug-likeness (QED) is 0.0449. The minimum Gasteiger partial charge on any atom is -0.744 e. The zero-order valence-electron chi connectivity index (χ0n) is 34.7. The van der Waals surface area contributed by atoms with Crippen LogP contribution in [0.3, 0.4) is 0 Å². The van der Waals surface area contributed by atoms with E-state index in [2.05, 4.69) is 57.2 Å². The molecule has 0 amide bonds. The van der Waals surface area contributed by atoms with Gasteiger partial charge < -0.3 is 45.1 Å². The van der Waals surface area contributed by atoms with Crippen LogP contribution in [0.25, 0.3) is 12.2 Å². The molecule has 64 heavy (non-hydrogen) atoms. The van der Waals surface area contributed by atoms with Crippen LogP contribution in [0.2, 0.25) is 0 Å². The molecule has 2 saturated heterocycles. The van der Waals surface area contributed by atoms with Crippen molar-refractivity contribution in [2.75, 3.05) is 83.7 Å². The summed E-state index contributed by atoms with van der Waals surface area (Å²) in [6.45, 7) is 4.70. The zero-order chi connectivity index (χ0) is 43.3. The summed E-state index contributed by atoms with van der Waals surface area (Å²) in [5, 5.41) is 12.7. The maximum absolute atomic E-state index is 12.5. The summed E-state index contributed by atoms with van der Waals surface area (Å²) in [5.74, 6) is 2.11. The Kier molecular flexibility index (Phi) is 18.9. The molecular formula is C40H38N12Na2O8S2. The SMILES string of the molecule is O=S(=O)([O-])c1cc(Nc2nc(Nc3ccccc3)nc(N3CCOCC3)n2)ccc1C=Cc1[c-]cc(Nc2nc(Nc3ccccc3)nc(N3CCOCC3)n2)cc1.O=S(=O)=O.[Na+].[Na+]. The molecule has 2 aliphatic rings. The van der Waals surface area contributed by atoms with Crippen LogP contribution in [-0.2, 0) is 30.2 Å². The predicted octanol–water partition coefficient (Wildman–Crippen LogP) is -1.42. The molecule has 2 aliphatic heterocycles. The molecule has 2 fully saturated rings. The first-order valence-corrected chi connectivity index (χ1v) is 21.4. The van der Waals surface area contributed by atoms with E-state index in [1.54, 1.807) is 36.4 Å². The molecule has 6 aromatic rings. The minimum atomic E-state index is -4.89. The molecule has 0 spiro atoms. The Balaban J connectivity index is 0.00000123. The van der Waals surface area contributed by atoms with E-state index in [9.17, 15) is 13.0 Å². The fraction of sp³-hybridized carbons (Fsp3) is 0.200. The van der Waals surface area contributed by atoms with Crippen LogP contribution in [0.5, 0.6) is 0 Å². The van der Waals surface area contributed by atoms with Gasteiger partial charge >= 0.3 is 69.7 Å². The van der Waals surface area contributed by atoms with Gasteiger partial charge in [-0.25, -0.2) is 8.42 Å². The second-order valence-corrected chi connectivity index (χ2v) is 15.0. The van der Waals surface area contributed by atoms with E-state index in [1.165, 1.54) is 6.07 Å². The number of aromatic nitrogens is 6. The van der Waals surface area contributed by atoms with Gasteiger partial charge in [-0.1, -0.05) is 48.5 Å². The molecule has 0 radical (unpaired) electrons. The first-order chi connectivity index (χ1) is 30.0. The number of rotatable bonds is 13. The Hall–Kier alpha value is -5.11. The number of hydrogen-bond acceptors (Lipinski definition) is 20. The molecule has 24 heteroatoms. The van der Waals surface area contributed by atoms with Gasteiger partial charge in [0.05, 0.1) is 31.3 Å². The van der Waals surface area contributed by atoms with Crippen LogP contribution < -0.4 is 90.2 Å². The third-order valence-electron chi connectivity index (χ3n) is 8.97. The van der Waals surface area contributed by atoms with Crippen molar-refractivity contribution in [3.05, 3.63) is 114 Å². The standard InChI is InChI=1S/C40H39N12O5S.2Na.O3S/c53-58(54,55)34-27-33(44-38-46-36(42-31-9-5-2-6-10-31)48-40(50-38)52-21-25-57-26-22-52)18-15-29(34)14-11-28-12-16-32(17-13-28)43-37-45-35(41-30-7-3-1-4-8-30)47-39(49-37)51-19-23-56-24-20-51;;;1-4(2)3/h1-12,14-18,27H,19-26H2,(H,53,54,55)(H2,41,43,45,47,49)(H2,42,44,46,48,50);;;/q-1;2*+1;/p-1. The maximum atomic E-state index is 12.5. The summed E-state index contributed by atoms with van der Waals surface area (Å²) in [7, 11) is -8.00. The summed E-state index contributed by atoms with van der Waals surface area (Å²) in [6, 6.07) is 32.0. The number of anilines is 10. The normalized spacial score (nSPS) is 13.6. The molecule has 4 aromatic carbocycles. The van der Waals surface area contributed by atoms with Gasteiger partial charge in [-0.05, 0) is 47.6 Å². The van der Waals surface area contributed by atoms with E-state index in [0.29, 0.717) is 93.3 Å². The smallest absolute Gasteiger partial charge is 0.744 e. The van der Waals surface area contributed by atoms with Crippen LogP contribution in [-0.4, -0.2) is 108 Å². The predicted molar refractivity (Wildman–Crippen MR) is 230 cm³/mol. The van der Waals surface area contributed by atoms with Crippen LogP contribution in [0.4, 0.5) is 58.4 Å². The number of nitrogens with one attached hydrogen (secondary N) is 4. The Bertz CT molecular complexity index is 2720. The second-order valence-electron chi connectivity index (χ2n) is 13.3. The van der Waals surface area contributed by atoms with E-state index >= 15 is 0 Å². The van der Waals surface area contributed by atoms with Crippen LogP contribution in [0, 0.1) is 6.07 Å². The van der Waals surface area contributed by atoms with Crippen LogP contribution >= 0.6 is 0 Å². The molecule has 0 aliphatic carbocycles. The summed E-state index contributed by atoms with van der Waals surface area (Å²) in [4.78, 5) is 31.2. The number of morpholine rings is 2. The van der Waals surface area contributed by atoms with Crippen molar-refractivity contribution < 1.29 is 94.2 Å². The number of para-hydroxylation sites is 2. The molecule has 0 unspecified atom stereocenters. The second kappa shape index (κ2) is 24.3. The van der Waals surface area contributed by atoms with Gasteiger partial charge in [0.2, 0.25) is 35.7 Å². The fourth-order valence-electron chi connectivity index (χ4n) is 6.09. The van der Waals surface area contributed by atoms with Crippen molar-refractivity contribution in [2.45, 2.75) is 4.90 Å². The van der Waals surface area contributed by atoms with Gasteiger partial charge in [0.25, 0.3) is 0 Å². The Morgan fingerprint density at radius 2 is 1.00 bits per heavy atom. The third kappa shape index (κ3) is 15.0. The molecule has 8 rings (SSSR count). The zero-order valence-corrected chi connectivity index (χ0v) is 40.3. The molecule has 0 saturated carbocycles. The van der Waals surface area contributed by atoms with E-state index in [0.717, 1.165) is 11.4 Å². The van der Waals surface area contributed by atoms with Crippen molar-refractivity contribution in [2.24, 2.45) is 0 Å². The van der Waals surface area contributed by atoms with Gasteiger partial charge in [-0.2, -0.15) is 35.5 Å². The van der Waals surface area contributed by atoms with Crippen LogP contribution in [0.15, 0.2) is 102 Å². The summed E-state index contributed by atoms with van der Waals surface area (Å²) >= 11 is 0. The molecule has 2 aromatic heterocycles. The minimum absolute atomic E-state index is 0. The van der Waals surface area contributed by atoms with Gasteiger partial charge in [0.15, 0.2) is 0 Å². The summed E-state index contributed by atoms with van der Waals surface area (Å²) in [6.07, 6.45) is 3.22. The Morgan fingerprint density at radius 1 is 0.578 bits per heavy atom. The van der Waals surface area contributed by atoms with E-state index in [1.807, 2.05) is 76.5 Å². The molecule has 0 bridgehead atoms. The van der Waals surface area contributed by atoms with E-state index in [-0.39, 0.29) is 76.6 Å². The van der Waals surface area contributed by atoms with E-state index in [4.69, 9.17) is 22.1 Å². The number of hydrogen-bond donors (Lipinski definition) is 4. The molecule has 4 heterocycles. The Morgan fingerprint density at radius 3 is 1.42 bits per heavy atom. The average Bonchev–Trinajstić information content (AvgIpc) is 3.27. The maximum Gasteiger partial charge on any atom is 1.00 e. The van der Waals surface area contributed by atoms with E-state index < -0.39 is 25.6 Å². The molecule has 0 atom stereocenters. The van der Waals surface area contributed by atoms with Crippen molar-refractivity contribution in [3.63, 3.8) is 0 Å². The van der Waals surface area contributed by atoms with Gasteiger partial charge in [-0.15, -0.1) is 43.0 Å². The number of ether oxygens (including phenoxy) is 2. The number of benzene rings is 4. The summed E-state index contributed by atoms with van der Waals surface area (Å²) < 4.78 is 73.9. The number of nitrogens with zero attached hydrogens (tertiary/aromatic N) is 8. The first kappa shape index (κ1) is 49.9. The topological polar surface area (TPSA) is 259 Å². The molecule has 4 N–H and O–H groups in total. The van der Waals surface area contributed by atoms with Gasteiger partial charge in [-0.3, -0.25) is 0 Å². The first-order valence-electron chi connectivity index (χ1n) is 19.0. The monoisotopic (exact) mass is 924 g/mol. The fourth-order valence-corrected chi connectivity index (χ4v) is 6.78. The Labute approximate surface area is 414 Å². The summed E-state index contributed by atoms with van der Waals surface area (Å²) in [5.41, 5.74) is 3.41. The van der Waals surface area contributed by atoms with Crippen LogP contribution in [0.1, 0.15) is 11.1 Å². The van der Waals surface area contributed by atoms with Crippen molar-refractivity contribution >= 4 is 91.3 Å². The molecule has 20 nitrogen and oxygen atoms in total. The van der Waals surface area contributed by atoms with Gasteiger partial charge in [0.1, 0.15) is 10.1 Å².